The lowest BCUT2D eigenvalue weighted by Gasteiger charge is -2.19. The molecule has 0 bridgehead atoms. The van der Waals surface area contributed by atoms with Crippen LogP contribution < -0.4 is 5.32 Å². The Balaban J connectivity index is 1.64. The van der Waals surface area contributed by atoms with Gasteiger partial charge in [0.15, 0.2) is 0 Å². The summed E-state index contributed by atoms with van der Waals surface area (Å²) in [6.07, 6.45) is 5.28. The molecule has 2 aromatic carbocycles. The molecule has 0 radical (unpaired) electrons. The minimum atomic E-state index is -0.326. The van der Waals surface area contributed by atoms with Crippen LogP contribution in [0.5, 0.6) is 0 Å². The molecule has 0 aliphatic rings. The van der Waals surface area contributed by atoms with Gasteiger partial charge < -0.3 is 5.32 Å². The first kappa shape index (κ1) is 16.7. The van der Waals surface area contributed by atoms with Crippen LogP contribution in [0.2, 0.25) is 0 Å². The van der Waals surface area contributed by atoms with Gasteiger partial charge in [-0.3, -0.25) is 9.78 Å². The third-order valence-electron chi connectivity index (χ3n) is 4.27. The number of rotatable bonds is 5. The number of nitrogens with one attached hydrogen (secondary N) is 1. The Morgan fingerprint density at radius 1 is 0.889 bits per heavy atom. The lowest BCUT2D eigenvalue weighted by molar-refractivity contribution is 0.0942. The first-order chi connectivity index (χ1) is 13.3. The third-order valence-corrected chi connectivity index (χ3v) is 4.27. The highest BCUT2D eigenvalue weighted by molar-refractivity contribution is 5.95. The number of nitrogens with zero attached hydrogens (tertiary/aromatic N) is 3. The van der Waals surface area contributed by atoms with Crippen molar-refractivity contribution in [3.63, 3.8) is 0 Å². The number of pyridine rings is 1. The second kappa shape index (κ2) is 7.66. The lowest BCUT2D eigenvalue weighted by Crippen LogP contribution is -2.30. The molecule has 2 heterocycles. The van der Waals surface area contributed by atoms with E-state index in [2.05, 4.69) is 15.4 Å². The molecule has 1 unspecified atom stereocenters. The molecule has 132 valence electrons. The van der Waals surface area contributed by atoms with E-state index in [9.17, 15) is 4.79 Å². The largest absolute Gasteiger partial charge is 0.340 e. The van der Waals surface area contributed by atoms with Crippen LogP contribution in [0.25, 0.3) is 5.69 Å². The summed E-state index contributed by atoms with van der Waals surface area (Å²) in [5.74, 6) is -0.163. The zero-order chi connectivity index (χ0) is 18.5. The average Bonchev–Trinajstić information content (AvgIpc) is 3.28. The van der Waals surface area contributed by atoms with Crippen molar-refractivity contribution in [2.24, 2.45) is 0 Å². The summed E-state index contributed by atoms with van der Waals surface area (Å²) < 4.78 is 1.73. The van der Waals surface area contributed by atoms with Gasteiger partial charge in [-0.15, -0.1) is 0 Å². The van der Waals surface area contributed by atoms with Gasteiger partial charge >= 0.3 is 0 Å². The van der Waals surface area contributed by atoms with E-state index in [1.807, 2.05) is 79.0 Å². The molecule has 4 rings (SSSR count). The number of aromatic nitrogens is 3. The second-order valence-corrected chi connectivity index (χ2v) is 6.07. The van der Waals surface area contributed by atoms with Crippen LogP contribution in [0, 0.1) is 0 Å². The number of hydrogen-bond donors (Lipinski definition) is 1. The normalized spacial score (nSPS) is 11.7. The number of carbonyl (C=O) groups excluding carboxylic acids is 1. The molecular weight excluding hydrogens is 336 g/mol. The van der Waals surface area contributed by atoms with Gasteiger partial charge in [-0.05, 0) is 42.0 Å². The summed E-state index contributed by atoms with van der Waals surface area (Å²) in [5, 5.41) is 7.33. The van der Waals surface area contributed by atoms with Gasteiger partial charge in [0.1, 0.15) is 0 Å². The Hall–Kier alpha value is -3.73. The van der Waals surface area contributed by atoms with E-state index in [0.29, 0.717) is 5.56 Å². The smallest absolute Gasteiger partial charge is 0.252 e. The maximum absolute atomic E-state index is 13.0. The topological polar surface area (TPSA) is 59.8 Å². The Bertz CT molecular complexity index is 975. The molecule has 0 aliphatic heterocycles. The fraction of sp³-hybridized carbons (Fsp3) is 0.0455. The first-order valence-corrected chi connectivity index (χ1v) is 8.68. The van der Waals surface area contributed by atoms with Crippen LogP contribution in [-0.4, -0.2) is 20.7 Å². The monoisotopic (exact) mass is 354 g/mol. The minimum absolute atomic E-state index is 0.163. The molecule has 0 saturated carbocycles. The summed E-state index contributed by atoms with van der Waals surface area (Å²) in [6.45, 7) is 0. The maximum Gasteiger partial charge on any atom is 0.252 e. The maximum atomic E-state index is 13.0. The number of amides is 1. The highest BCUT2D eigenvalue weighted by Gasteiger charge is 2.19. The van der Waals surface area contributed by atoms with Gasteiger partial charge in [-0.25, -0.2) is 4.68 Å². The van der Waals surface area contributed by atoms with E-state index in [4.69, 9.17) is 0 Å². The van der Waals surface area contributed by atoms with Gasteiger partial charge in [-0.1, -0.05) is 42.5 Å². The summed E-state index contributed by atoms with van der Waals surface area (Å²) in [5.41, 5.74) is 3.18. The zero-order valence-corrected chi connectivity index (χ0v) is 14.6. The molecule has 27 heavy (non-hydrogen) atoms. The highest BCUT2D eigenvalue weighted by Crippen LogP contribution is 2.21. The first-order valence-electron chi connectivity index (χ1n) is 8.68. The van der Waals surface area contributed by atoms with E-state index in [1.165, 1.54) is 0 Å². The van der Waals surface area contributed by atoms with Gasteiger partial charge in [-0.2, -0.15) is 5.10 Å². The fourth-order valence-corrected chi connectivity index (χ4v) is 2.95. The minimum Gasteiger partial charge on any atom is -0.340 e. The fourth-order valence-electron chi connectivity index (χ4n) is 2.95. The molecule has 1 amide bonds. The van der Waals surface area contributed by atoms with Crippen molar-refractivity contribution in [2.45, 2.75) is 6.04 Å². The van der Waals surface area contributed by atoms with Gasteiger partial charge in [0, 0.05) is 24.2 Å². The Kier molecular flexibility index (Phi) is 4.74. The number of benzene rings is 2. The number of carbonyl (C=O) groups is 1. The average molecular weight is 354 g/mol. The third kappa shape index (κ3) is 3.77. The van der Waals surface area contributed by atoms with Crippen molar-refractivity contribution in [1.29, 1.82) is 0 Å². The molecule has 1 N–H and O–H groups in total. The van der Waals surface area contributed by atoms with Crippen LogP contribution in [0.4, 0.5) is 0 Å². The molecule has 5 nitrogen and oxygen atoms in total. The molecular formula is C22H18N4O. The molecule has 0 fully saturated rings. The lowest BCUT2D eigenvalue weighted by atomic mass is 10.0. The predicted molar refractivity (Wildman–Crippen MR) is 104 cm³/mol. The highest BCUT2D eigenvalue weighted by atomic mass is 16.1. The van der Waals surface area contributed by atoms with Crippen LogP contribution in [0.1, 0.15) is 27.7 Å². The van der Waals surface area contributed by atoms with Crippen molar-refractivity contribution >= 4 is 5.91 Å². The summed E-state index contributed by atoms with van der Waals surface area (Å²) >= 11 is 0. The predicted octanol–water partition coefficient (Wildman–Crippen LogP) is 3.79. The van der Waals surface area contributed by atoms with Crippen molar-refractivity contribution in [3.8, 4) is 5.69 Å². The molecule has 2 aromatic heterocycles. The van der Waals surface area contributed by atoms with Gasteiger partial charge in [0.2, 0.25) is 0 Å². The van der Waals surface area contributed by atoms with E-state index < -0.39 is 0 Å². The molecule has 0 aliphatic carbocycles. The zero-order valence-electron chi connectivity index (χ0n) is 14.6. The van der Waals surface area contributed by atoms with Crippen LogP contribution in [0.15, 0.2) is 97.5 Å². The van der Waals surface area contributed by atoms with Crippen LogP contribution in [-0.2, 0) is 0 Å². The second-order valence-electron chi connectivity index (χ2n) is 6.07. The molecule has 5 heteroatoms. The SMILES string of the molecule is O=C(NC(c1ccccc1)c1ccccn1)c1cccc(-n2cccn2)c1. The van der Waals surface area contributed by atoms with Gasteiger partial charge in [0.05, 0.1) is 17.4 Å². The Morgan fingerprint density at radius 2 is 1.74 bits per heavy atom. The van der Waals surface area contributed by atoms with Crippen molar-refractivity contribution in [3.05, 3.63) is 114 Å². The van der Waals surface area contributed by atoms with E-state index in [-0.39, 0.29) is 11.9 Å². The molecule has 4 aromatic rings. The Morgan fingerprint density at radius 3 is 2.48 bits per heavy atom. The van der Waals surface area contributed by atoms with Gasteiger partial charge in [0.25, 0.3) is 5.91 Å². The molecule has 0 spiro atoms. The molecule has 1 atom stereocenters. The quantitative estimate of drug-likeness (QED) is 0.593. The molecule has 0 saturated heterocycles. The Labute approximate surface area is 157 Å². The van der Waals surface area contributed by atoms with E-state index in [1.54, 1.807) is 23.1 Å². The van der Waals surface area contributed by atoms with Crippen molar-refractivity contribution < 1.29 is 4.79 Å². The van der Waals surface area contributed by atoms with Crippen molar-refractivity contribution in [2.75, 3.05) is 0 Å². The number of hydrogen-bond acceptors (Lipinski definition) is 3. The summed E-state index contributed by atoms with van der Waals surface area (Å²) in [7, 11) is 0. The summed E-state index contributed by atoms with van der Waals surface area (Å²) in [4.78, 5) is 17.4. The van der Waals surface area contributed by atoms with E-state index >= 15 is 0 Å². The summed E-state index contributed by atoms with van der Waals surface area (Å²) in [6, 6.07) is 24.4. The van der Waals surface area contributed by atoms with Crippen LogP contribution >= 0.6 is 0 Å². The van der Waals surface area contributed by atoms with Crippen molar-refractivity contribution in [1.82, 2.24) is 20.1 Å². The van der Waals surface area contributed by atoms with Crippen LogP contribution in [0.3, 0.4) is 0 Å². The van der Waals surface area contributed by atoms with E-state index in [0.717, 1.165) is 16.9 Å². The standard InChI is InChI=1S/C22H18N4O/c27-22(18-10-6-11-19(16-18)26-15-7-14-24-26)25-21(17-8-2-1-3-9-17)20-12-4-5-13-23-20/h1-16,21H,(H,25,27).